The van der Waals surface area contributed by atoms with Crippen LogP contribution in [0.2, 0.25) is 0 Å². The third kappa shape index (κ3) is 9.08. The van der Waals surface area contributed by atoms with Crippen molar-refractivity contribution in [2.24, 2.45) is 0 Å². The summed E-state index contributed by atoms with van der Waals surface area (Å²) in [6, 6.07) is 13.4. The molecule has 0 saturated heterocycles. The first kappa shape index (κ1) is 33.7. The van der Waals surface area contributed by atoms with Gasteiger partial charge in [0.1, 0.15) is 5.82 Å². The molecule has 0 N–H and O–H groups in total. The van der Waals surface area contributed by atoms with Gasteiger partial charge in [-0.3, -0.25) is 0 Å². The van der Waals surface area contributed by atoms with E-state index in [0.717, 1.165) is 0 Å². The molecule has 0 saturated carbocycles. The first-order chi connectivity index (χ1) is 21.2. The third-order valence-electron chi connectivity index (χ3n) is 5.91. The number of carbonyl (C=O) groups is 4. The maximum Gasteiger partial charge on any atom is 0.338 e. The van der Waals surface area contributed by atoms with Gasteiger partial charge in [0.25, 0.3) is 0 Å². The van der Waals surface area contributed by atoms with E-state index in [9.17, 15) is 19.2 Å². The van der Waals surface area contributed by atoms with E-state index in [1.165, 1.54) is 64.1 Å². The fourth-order valence-electron chi connectivity index (χ4n) is 3.42. The highest BCUT2D eigenvalue weighted by Crippen LogP contribution is 2.35. The molecule has 8 nitrogen and oxygen atoms in total. The van der Waals surface area contributed by atoms with E-state index in [2.05, 4.69) is 26.3 Å². The highest BCUT2D eigenvalue weighted by molar-refractivity contribution is 5.92. The molecular formula is C36H31FO8. The van der Waals surface area contributed by atoms with Gasteiger partial charge in [-0.1, -0.05) is 62.7 Å². The van der Waals surface area contributed by atoms with Crippen LogP contribution in [0.25, 0.3) is 23.3 Å². The lowest BCUT2D eigenvalue weighted by molar-refractivity contribution is -0.132. The minimum Gasteiger partial charge on any atom is -0.419 e. The normalized spacial score (nSPS) is 10.5. The van der Waals surface area contributed by atoms with Crippen molar-refractivity contribution in [3.05, 3.63) is 120 Å². The Bertz CT molecular complexity index is 1790. The maximum atomic E-state index is 15.2. The van der Waals surface area contributed by atoms with E-state index in [4.69, 9.17) is 18.9 Å². The van der Waals surface area contributed by atoms with Gasteiger partial charge in [-0.15, -0.1) is 0 Å². The van der Waals surface area contributed by atoms with Gasteiger partial charge in [0.15, 0.2) is 23.0 Å². The summed E-state index contributed by atoms with van der Waals surface area (Å²) in [5.41, 5.74) is 2.25. The number of ether oxygens (including phenoxy) is 4. The Labute approximate surface area is 260 Å². The van der Waals surface area contributed by atoms with Gasteiger partial charge in [-0.2, -0.15) is 0 Å². The van der Waals surface area contributed by atoms with E-state index in [1.807, 2.05) is 0 Å². The summed E-state index contributed by atoms with van der Waals surface area (Å²) in [7, 11) is 0. The quantitative estimate of drug-likeness (QED) is 0.0947. The Kier molecular flexibility index (Phi) is 10.9. The summed E-state index contributed by atoms with van der Waals surface area (Å²) in [5.74, 6) is -3.53. The third-order valence-corrected chi connectivity index (χ3v) is 5.91. The zero-order chi connectivity index (χ0) is 33.4. The molecule has 3 aromatic carbocycles. The maximum absolute atomic E-state index is 15.2. The van der Waals surface area contributed by atoms with Gasteiger partial charge in [-0.05, 0) is 74.7 Å². The summed E-state index contributed by atoms with van der Waals surface area (Å²) < 4.78 is 36.5. The molecule has 0 spiro atoms. The number of esters is 4. The number of halogens is 1. The van der Waals surface area contributed by atoms with E-state index in [-0.39, 0.29) is 50.9 Å². The van der Waals surface area contributed by atoms with Crippen LogP contribution in [0.3, 0.4) is 0 Å². The molecule has 0 aliphatic heterocycles. The van der Waals surface area contributed by atoms with Crippen LogP contribution in [0.4, 0.5) is 4.39 Å². The first-order valence-corrected chi connectivity index (χ1v) is 13.4. The fraction of sp³-hybridized carbons (Fsp3) is 0.111. The lowest BCUT2D eigenvalue weighted by atomic mass is 10.0. The zero-order valence-corrected chi connectivity index (χ0v) is 25.3. The van der Waals surface area contributed by atoms with Crippen LogP contribution in [0.5, 0.6) is 23.0 Å². The lowest BCUT2D eigenvalue weighted by Crippen LogP contribution is -2.12. The standard InChI is InChI=1S/C36H31FO8/c1-20(2)33(38)42-29-15-10-24(17-31(29)44-35(40)22(5)6)9-11-25-12-13-26(18-28(25)37)27-14-16-30(43-34(39)21(3)4)32(19-27)45-36(41)23(7)8/h9-19H,1,3,5,7H2,2,4,6,8H3. The Morgan fingerprint density at radius 2 is 0.933 bits per heavy atom. The average Bonchev–Trinajstić information content (AvgIpc) is 2.98. The number of hydrogen-bond acceptors (Lipinski definition) is 8. The van der Waals surface area contributed by atoms with Crippen molar-refractivity contribution >= 4 is 36.0 Å². The SMILES string of the molecule is C=C(C)C(=O)Oc1ccc(C=Cc2ccc(-c3ccc(OC(=O)C(=C)C)c(OC(=O)C(=C)C)c3)cc2F)cc1OC(=O)C(=C)C. The zero-order valence-electron chi connectivity index (χ0n) is 25.3. The van der Waals surface area contributed by atoms with Gasteiger partial charge < -0.3 is 18.9 Å². The molecule has 0 bridgehead atoms. The molecule has 9 heteroatoms. The van der Waals surface area contributed by atoms with Crippen molar-refractivity contribution < 1.29 is 42.5 Å². The monoisotopic (exact) mass is 610 g/mol. The van der Waals surface area contributed by atoms with Crippen LogP contribution in [-0.2, 0) is 19.2 Å². The number of rotatable bonds is 11. The molecule has 0 radical (unpaired) electrons. The predicted octanol–water partition coefficient (Wildman–Crippen LogP) is 7.59. The van der Waals surface area contributed by atoms with Gasteiger partial charge in [0, 0.05) is 27.9 Å². The first-order valence-electron chi connectivity index (χ1n) is 13.4. The van der Waals surface area contributed by atoms with Gasteiger partial charge in [0.2, 0.25) is 0 Å². The summed E-state index contributed by atoms with van der Waals surface area (Å²) in [4.78, 5) is 48.5. The molecule has 0 heterocycles. The van der Waals surface area contributed by atoms with Gasteiger partial charge >= 0.3 is 23.9 Å². The largest absolute Gasteiger partial charge is 0.419 e. The van der Waals surface area contributed by atoms with Gasteiger partial charge in [0.05, 0.1) is 0 Å². The summed E-state index contributed by atoms with van der Waals surface area (Å²) in [6.07, 6.45) is 3.10. The van der Waals surface area contributed by atoms with Crippen molar-refractivity contribution in [2.75, 3.05) is 0 Å². The van der Waals surface area contributed by atoms with Gasteiger partial charge in [-0.25, -0.2) is 23.6 Å². The number of hydrogen-bond donors (Lipinski definition) is 0. The molecular weight excluding hydrogens is 579 g/mol. The molecule has 3 aromatic rings. The second-order valence-corrected chi connectivity index (χ2v) is 10.1. The van der Waals surface area contributed by atoms with Crippen LogP contribution in [0.15, 0.2) is 103 Å². The molecule has 0 amide bonds. The molecule has 0 aliphatic rings. The van der Waals surface area contributed by atoms with Crippen molar-refractivity contribution in [1.29, 1.82) is 0 Å². The average molecular weight is 611 g/mol. The number of carbonyl (C=O) groups excluding carboxylic acids is 4. The number of benzene rings is 3. The van der Waals surface area contributed by atoms with Crippen LogP contribution in [0, 0.1) is 5.82 Å². The Balaban J connectivity index is 1.92. The van der Waals surface area contributed by atoms with Crippen LogP contribution >= 0.6 is 0 Å². The van der Waals surface area contributed by atoms with Crippen molar-refractivity contribution in [2.45, 2.75) is 27.7 Å². The second-order valence-electron chi connectivity index (χ2n) is 10.1. The fourth-order valence-corrected chi connectivity index (χ4v) is 3.42. The minimum absolute atomic E-state index is 0.000931. The van der Waals surface area contributed by atoms with E-state index < -0.39 is 29.7 Å². The van der Waals surface area contributed by atoms with Crippen molar-refractivity contribution in [3.63, 3.8) is 0 Å². The van der Waals surface area contributed by atoms with E-state index >= 15 is 4.39 Å². The highest BCUT2D eigenvalue weighted by atomic mass is 19.1. The predicted molar refractivity (Wildman–Crippen MR) is 169 cm³/mol. The second kappa shape index (κ2) is 14.6. The van der Waals surface area contributed by atoms with Crippen molar-refractivity contribution in [3.8, 4) is 34.1 Å². The Morgan fingerprint density at radius 1 is 0.533 bits per heavy atom. The van der Waals surface area contributed by atoms with Crippen LogP contribution in [0.1, 0.15) is 38.8 Å². The molecule has 3 rings (SSSR count). The summed E-state index contributed by atoms with van der Waals surface area (Å²) >= 11 is 0. The van der Waals surface area contributed by atoms with Crippen molar-refractivity contribution in [1.82, 2.24) is 0 Å². The molecule has 0 fully saturated rings. The lowest BCUT2D eigenvalue weighted by Gasteiger charge is -2.13. The minimum atomic E-state index is -0.731. The Morgan fingerprint density at radius 3 is 1.40 bits per heavy atom. The topological polar surface area (TPSA) is 105 Å². The molecule has 230 valence electrons. The molecule has 0 unspecified atom stereocenters. The molecule has 45 heavy (non-hydrogen) atoms. The molecule has 0 aromatic heterocycles. The molecule has 0 atom stereocenters. The molecule has 0 aliphatic carbocycles. The van der Waals surface area contributed by atoms with E-state index in [0.29, 0.717) is 16.7 Å². The Hall–Kier alpha value is -5.83. The van der Waals surface area contributed by atoms with E-state index in [1.54, 1.807) is 30.3 Å². The van der Waals surface area contributed by atoms with Crippen LogP contribution in [-0.4, -0.2) is 23.9 Å². The summed E-state index contributed by atoms with van der Waals surface area (Å²) in [5, 5.41) is 0. The summed E-state index contributed by atoms with van der Waals surface area (Å²) in [6.45, 7) is 20.1. The smallest absolute Gasteiger partial charge is 0.338 e. The van der Waals surface area contributed by atoms with Crippen LogP contribution < -0.4 is 18.9 Å². The highest BCUT2D eigenvalue weighted by Gasteiger charge is 2.18.